The number of H-pyrrole nitrogens is 1. The molecule has 0 saturated heterocycles. The molecule has 0 unspecified atom stereocenters. The van der Waals surface area contributed by atoms with E-state index in [1.165, 1.54) is 0 Å². The van der Waals surface area contributed by atoms with Gasteiger partial charge in [0.2, 0.25) is 0 Å². The molecule has 0 aromatic carbocycles. The standard InChI is InChI=1S/C7H8N4/c8-6-4-2-1-3-5(4)10-7(9)11-6/h1-3H,8H2,(H3,9,10,11). The molecule has 4 nitrogen and oxygen atoms in total. The van der Waals surface area contributed by atoms with Crippen LogP contribution in [0.25, 0.3) is 11.3 Å². The zero-order valence-corrected chi connectivity index (χ0v) is 5.83. The molecule has 0 fully saturated rings. The maximum absolute atomic E-state index is 5.59. The summed E-state index contributed by atoms with van der Waals surface area (Å²) < 4.78 is 0. The van der Waals surface area contributed by atoms with Crippen LogP contribution in [0.5, 0.6) is 0 Å². The van der Waals surface area contributed by atoms with Gasteiger partial charge < -0.3 is 16.5 Å². The Morgan fingerprint density at radius 2 is 2.09 bits per heavy atom. The van der Waals surface area contributed by atoms with Gasteiger partial charge in [0.15, 0.2) is 5.95 Å². The highest BCUT2D eigenvalue weighted by molar-refractivity contribution is 5.74. The quantitative estimate of drug-likeness (QED) is 0.513. The van der Waals surface area contributed by atoms with E-state index >= 15 is 0 Å². The molecule has 0 atom stereocenters. The van der Waals surface area contributed by atoms with Gasteiger partial charge in [-0.3, -0.25) is 0 Å². The van der Waals surface area contributed by atoms with Crippen LogP contribution in [0.2, 0.25) is 0 Å². The summed E-state index contributed by atoms with van der Waals surface area (Å²) >= 11 is 0. The summed E-state index contributed by atoms with van der Waals surface area (Å²) in [7, 11) is 0. The maximum atomic E-state index is 5.59. The van der Waals surface area contributed by atoms with E-state index in [1.807, 2.05) is 18.2 Å². The minimum Gasteiger partial charge on any atom is -0.383 e. The van der Waals surface area contributed by atoms with Crippen molar-refractivity contribution in [3.8, 4) is 11.3 Å². The first kappa shape index (κ1) is 6.03. The largest absolute Gasteiger partial charge is 0.383 e. The lowest BCUT2D eigenvalue weighted by molar-refractivity contribution is 1.20. The molecule has 0 amide bonds. The molecule has 1 heterocycles. The summed E-state index contributed by atoms with van der Waals surface area (Å²) in [6, 6.07) is 5.70. The average molecular weight is 148 g/mol. The SMILES string of the molecule is Nc1nc(N)c2cccc-2[nH]1. The van der Waals surface area contributed by atoms with E-state index in [2.05, 4.69) is 9.97 Å². The van der Waals surface area contributed by atoms with Crippen LogP contribution >= 0.6 is 0 Å². The van der Waals surface area contributed by atoms with Gasteiger partial charge in [-0.1, -0.05) is 6.07 Å². The summed E-state index contributed by atoms with van der Waals surface area (Å²) in [6.45, 7) is 0. The molecule has 2 rings (SSSR count). The zero-order valence-electron chi connectivity index (χ0n) is 5.83. The predicted molar refractivity (Wildman–Crippen MR) is 44.0 cm³/mol. The molecule has 0 aromatic heterocycles. The smallest absolute Gasteiger partial charge is 0.199 e. The highest BCUT2D eigenvalue weighted by Crippen LogP contribution is 2.25. The van der Waals surface area contributed by atoms with Crippen LogP contribution < -0.4 is 11.5 Å². The van der Waals surface area contributed by atoms with E-state index in [0.29, 0.717) is 11.8 Å². The lowest BCUT2D eigenvalue weighted by atomic mass is 10.2. The van der Waals surface area contributed by atoms with Crippen LogP contribution in [0.4, 0.5) is 11.8 Å². The molecule has 56 valence electrons. The van der Waals surface area contributed by atoms with Gasteiger partial charge in [0.05, 0.1) is 5.69 Å². The Morgan fingerprint density at radius 1 is 1.27 bits per heavy atom. The fourth-order valence-electron chi connectivity index (χ4n) is 1.11. The molecule has 0 bridgehead atoms. The molecule has 0 aromatic rings. The number of hydrogen-bond donors (Lipinski definition) is 3. The molecule has 11 heavy (non-hydrogen) atoms. The van der Waals surface area contributed by atoms with E-state index < -0.39 is 0 Å². The number of fused-ring (bicyclic) bond motifs is 1. The van der Waals surface area contributed by atoms with Gasteiger partial charge in [0.25, 0.3) is 0 Å². The Hall–Kier alpha value is -1.71. The Kier molecular flexibility index (Phi) is 1.03. The van der Waals surface area contributed by atoms with Crippen LogP contribution in [0, 0.1) is 0 Å². The van der Waals surface area contributed by atoms with Crippen molar-refractivity contribution in [2.75, 3.05) is 11.5 Å². The number of nitrogens with two attached hydrogens (primary N) is 2. The monoisotopic (exact) mass is 148 g/mol. The lowest BCUT2D eigenvalue weighted by Crippen LogP contribution is -2.01. The van der Waals surface area contributed by atoms with E-state index in [4.69, 9.17) is 11.5 Å². The summed E-state index contributed by atoms with van der Waals surface area (Å²) in [5.74, 6) is 0.822. The third-order valence-electron chi connectivity index (χ3n) is 1.60. The molecule has 1 aliphatic heterocycles. The number of hydrogen-bond acceptors (Lipinski definition) is 3. The maximum Gasteiger partial charge on any atom is 0.199 e. The van der Waals surface area contributed by atoms with Crippen LogP contribution in [0.3, 0.4) is 0 Å². The number of aromatic nitrogens is 2. The van der Waals surface area contributed by atoms with Crippen LogP contribution in [-0.2, 0) is 0 Å². The Labute approximate surface area is 63.6 Å². The molecule has 0 spiro atoms. The minimum absolute atomic E-state index is 0.348. The van der Waals surface area contributed by atoms with Crippen LogP contribution in [-0.4, -0.2) is 9.97 Å². The Bertz CT molecular complexity index is 352. The molecule has 4 heteroatoms. The van der Waals surface area contributed by atoms with Gasteiger partial charge in [-0.25, -0.2) is 0 Å². The van der Waals surface area contributed by atoms with Crippen molar-refractivity contribution in [1.29, 1.82) is 0 Å². The lowest BCUT2D eigenvalue weighted by Gasteiger charge is -2.03. The normalized spacial score (nSPS) is 10.5. The van der Waals surface area contributed by atoms with Crippen LogP contribution in [0.15, 0.2) is 18.2 Å². The van der Waals surface area contributed by atoms with E-state index in [1.54, 1.807) is 0 Å². The van der Waals surface area contributed by atoms with E-state index in [-0.39, 0.29) is 0 Å². The van der Waals surface area contributed by atoms with Crippen molar-refractivity contribution in [1.82, 2.24) is 9.97 Å². The van der Waals surface area contributed by atoms with Crippen molar-refractivity contribution < 1.29 is 0 Å². The van der Waals surface area contributed by atoms with Gasteiger partial charge in [-0.15, -0.1) is 0 Å². The molecule has 0 saturated carbocycles. The highest BCUT2D eigenvalue weighted by atomic mass is 15.0. The summed E-state index contributed by atoms with van der Waals surface area (Å²) in [6.07, 6.45) is 0. The first-order valence-electron chi connectivity index (χ1n) is 3.27. The molecule has 5 N–H and O–H groups in total. The molecule has 0 radical (unpaired) electrons. The fourth-order valence-corrected chi connectivity index (χ4v) is 1.11. The Morgan fingerprint density at radius 3 is 2.91 bits per heavy atom. The van der Waals surface area contributed by atoms with Crippen molar-refractivity contribution in [3.05, 3.63) is 18.2 Å². The molecular weight excluding hydrogens is 140 g/mol. The zero-order chi connectivity index (χ0) is 7.84. The van der Waals surface area contributed by atoms with Gasteiger partial charge >= 0.3 is 0 Å². The third kappa shape index (κ3) is 0.797. The first-order chi connectivity index (χ1) is 5.27. The molecule has 1 aliphatic carbocycles. The highest BCUT2D eigenvalue weighted by Gasteiger charge is 2.07. The number of nitrogens with zero attached hydrogens (tertiary/aromatic N) is 1. The Balaban J connectivity index is 2.79. The number of aromatic amines is 1. The van der Waals surface area contributed by atoms with Gasteiger partial charge in [-0.05, 0) is 12.1 Å². The van der Waals surface area contributed by atoms with Gasteiger partial charge in [0, 0.05) is 5.56 Å². The summed E-state index contributed by atoms with van der Waals surface area (Å²) in [4.78, 5) is 6.77. The number of nitrogen functional groups attached to an aromatic ring is 2. The predicted octanol–water partition coefficient (Wildman–Crippen LogP) is 0.679. The topological polar surface area (TPSA) is 80.7 Å². The van der Waals surface area contributed by atoms with Crippen molar-refractivity contribution in [2.24, 2.45) is 0 Å². The van der Waals surface area contributed by atoms with Gasteiger partial charge in [-0.2, -0.15) is 4.98 Å². The second-order valence-electron chi connectivity index (χ2n) is 2.36. The summed E-state index contributed by atoms with van der Waals surface area (Å²) in [5.41, 5.74) is 12.9. The number of anilines is 2. The third-order valence-corrected chi connectivity index (χ3v) is 1.60. The first-order valence-corrected chi connectivity index (χ1v) is 3.27. The molecular formula is C7H8N4. The second-order valence-corrected chi connectivity index (χ2v) is 2.36. The van der Waals surface area contributed by atoms with Crippen molar-refractivity contribution >= 4 is 11.8 Å². The van der Waals surface area contributed by atoms with Crippen molar-refractivity contribution in [3.63, 3.8) is 0 Å². The minimum atomic E-state index is 0.348. The average Bonchev–Trinajstić information content (AvgIpc) is 2.34. The number of nitrogens with one attached hydrogen (secondary N) is 1. The second kappa shape index (κ2) is 1.88. The van der Waals surface area contributed by atoms with Gasteiger partial charge in [0.1, 0.15) is 5.82 Å². The van der Waals surface area contributed by atoms with E-state index in [9.17, 15) is 0 Å². The summed E-state index contributed by atoms with van der Waals surface area (Å²) in [5, 5.41) is 0. The number of rotatable bonds is 0. The fraction of sp³-hybridized carbons (Fsp3) is 0. The molecule has 2 aliphatic rings. The van der Waals surface area contributed by atoms with E-state index in [0.717, 1.165) is 11.3 Å². The van der Waals surface area contributed by atoms with Crippen molar-refractivity contribution in [2.45, 2.75) is 0 Å². The van der Waals surface area contributed by atoms with Crippen LogP contribution in [0.1, 0.15) is 0 Å².